The van der Waals surface area contributed by atoms with Crippen molar-refractivity contribution in [3.05, 3.63) is 59.9 Å². The SMILES string of the molecule is C#CCN(Cc1ccc(F)cc1)c1ccc(NC(=O)N(C)OC)cc1. The van der Waals surface area contributed by atoms with Crippen LogP contribution in [-0.4, -0.2) is 31.8 Å². The number of anilines is 2. The van der Waals surface area contributed by atoms with Crippen LogP contribution in [0.4, 0.5) is 20.6 Å². The van der Waals surface area contributed by atoms with E-state index in [9.17, 15) is 9.18 Å². The third-order valence-corrected chi connectivity index (χ3v) is 3.61. The Morgan fingerprint density at radius 1 is 1.20 bits per heavy atom. The van der Waals surface area contributed by atoms with Crippen molar-refractivity contribution >= 4 is 17.4 Å². The minimum atomic E-state index is -0.373. The molecule has 0 aromatic heterocycles. The third-order valence-electron chi connectivity index (χ3n) is 3.61. The molecule has 0 aliphatic rings. The molecule has 2 rings (SSSR count). The van der Waals surface area contributed by atoms with Gasteiger partial charge in [-0.15, -0.1) is 6.42 Å². The second-order valence-corrected chi connectivity index (χ2v) is 5.34. The lowest BCUT2D eigenvalue weighted by atomic mass is 10.2. The van der Waals surface area contributed by atoms with Gasteiger partial charge in [0, 0.05) is 25.0 Å². The number of hydrogen-bond donors (Lipinski definition) is 1. The van der Waals surface area contributed by atoms with Gasteiger partial charge in [-0.2, -0.15) is 0 Å². The van der Waals surface area contributed by atoms with Gasteiger partial charge in [0.05, 0.1) is 13.7 Å². The Morgan fingerprint density at radius 2 is 1.84 bits per heavy atom. The summed E-state index contributed by atoms with van der Waals surface area (Å²) in [7, 11) is 2.93. The molecule has 2 aromatic rings. The molecule has 0 saturated carbocycles. The molecule has 6 heteroatoms. The molecular formula is C19H20FN3O2. The summed E-state index contributed by atoms with van der Waals surface area (Å²) in [6.45, 7) is 0.970. The highest BCUT2D eigenvalue weighted by Gasteiger charge is 2.10. The number of nitrogens with zero attached hydrogens (tertiary/aromatic N) is 2. The van der Waals surface area contributed by atoms with Gasteiger partial charge < -0.3 is 10.2 Å². The normalized spacial score (nSPS) is 10.0. The minimum Gasteiger partial charge on any atom is -0.356 e. The highest BCUT2D eigenvalue weighted by molar-refractivity contribution is 5.88. The van der Waals surface area contributed by atoms with Crippen LogP contribution in [0, 0.1) is 18.2 Å². The standard InChI is InChI=1S/C19H20FN3O2/c1-4-13-23(14-15-5-7-16(20)8-6-15)18-11-9-17(10-12-18)21-19(24)22(2)25-3/h1,5-12H,13-14H2,2-3H3,(H,21,24). The molecule has 0 saturated heterocycles. The molecule has 0 fully saturated rings. The zero-order valence-electron chi connectivity index (χ0n) is 14.2. The summed E-state index contributed by atoms with van der Waals surface area (Å²) in [6.07, 6.45) is 5.46. The van der Waals surface area contributed by atoms with Crippen LogP contribution in [0.25, 0.3) is 0 Å². The van der Waals surface area contributed by atoms with E-state index in [4.69, 9.17) is 11.3 Å². The lowest BCUT2D eigenvalue weighted by molar-refractivity contribution is -0.0598. The fraction of sp³-hybridized carbons (Fsp3) is 0.211. The number of rotatable bonds is 6. The summed E-state index contributed by atoms with van der Waals surface area (Å²) in [5.41, 5.74) is 2.50. The van der Waals surface area contributed by atoms with Gasteiger partial charge in [-0.05, 0) is 42.0 Å². The van der Waals surface area contributed by atoms with Crippen LogP contribution in [0.3, 0.4) is 0 Å². The minimum absolute atomic E-state index is 0.270. The molecule has 0 atom stereocenters. The summed E-state index contributed by atoms with van der Waals surface area (Å²) in [5.74, 6) is 2.36. The molecule has 0 aliphatic carbocycles. The first-order valence-electron chi connectivity index (χ1n) is 7.65. The zero-order valence-corrected chi connectivity index (χ0v) is 14.2. The Labute approximate surface area is 147 Å². The van der Waals surface area contributed by atoms with Crippen LogP contribution in [-0.2, 0) is 11.4 Å². The van der Waals surface area contributed by atoms with Crippen LogP contribution >= 0.6 is 0 Å². The maximum atomic E-state index is 13.0. The largest absolute Gasteiger partial charge is 0.356 e. The Bertz CT molecular complexity index is 739. The predicted octanol–water partition coefficient (Wildman–Crippen LogP) is 3.49. The van der Waals surface area contributed by atoms with E-state index in [1.165, 1.54) is 26.3 Å². The molecule has 0 heterocycles. The molecule has 5 nitrogen and oxygen atoms in total. The number of amides is 2. The van der Waals surface area contributed by atoms with Crippen LogP contribution in [0.15, 0.2) is 48.5 Å². The number of benzene rings is 2. The Morgan fingerprint density at radius 3 is 2.40 bits per heavy atom. The molecule has 1 N–H and O–H groups in total. The second-order valence-electron chi connectivity index (χ2n) is 5.34. The van der Waals surface area contributed by atoms with Crippen molar-refractivity contribution in [3.63, 3.8) is 0 Å². The molecule has 0 bridgehead atoms. The van der Waals surface area contributed by atoms with Crippen LogP contribution in [0.5, 0.6) is 0 Å². The maximum Gasteiger partial charge on any atom is 0.345 e. The first-order chi connectivity index (χ1) is 12.0. The molecule has 0 aliphatic heterocycles. The molecule has 0 spiro atoms. The number of urea groups is 1. The van der Waals surface area contributed by atoms with Crippen molar-refractivity contribution in [1.29, 1.82) is 0 Å². The van der Waals surface area contributed by atoms with E-state index < -0.39 is 0 Å². The lowest BCUT2D eigenvalue weighted by Gasteiger charge is -2.23. The molecule has 130 valence electrons. The molecule has 2 aromatic carbocycles. The molecule has 0 unspecified atom stereocenters. The average Bonchev–Trinajstić information content (AvgIpc) is 2.63. The van der Waals surface area contributed by atoms with Gasteiger partial charge in [-0.3, -0.25) is 4.84 Å². The summed E-state index contributed by atoms with van der Waals surface area (Å²) in [5, 5.41) is 3.80. The molecular weight excluding hydrogens is 321 g/mol. The Balaban J connectivity index is 2.09. The Kier molecular flexibility index (Phi) is 6.38. The van der Waals surface area contributed by atoms with E-state index in [-0.39, 0.29) is 11.8 Å². The number of halogens is 1. The van der Waals surface area contributed by atoms with Gasteiger partial charge in [-0.1, -0.05) is 18.1 Å². The smallest absolute Gasteiger partial charge is 0.345 e. The van der Waals surface area contributed by atoms with Gasteiger partial charge in [0.25, 0.3) is 0 Å². The molecule has 25 heavy (non-hydrogen) atoms. The number of nitrogens with one attached hydrogen (secondary N) is 1. The van der Waals surface area contributed by atoms with Crippen molar-refractivity contribution in [3.8, 4) is 12.3 Å². The third kappa shape index (κ3) is 5.23. The number of hydroxylamine groups is 2. The van der Waals surface area contributed by atoms with E-state index in [0.29, 0.717) is 18.8 Å². The van der Waals surface area contributed by atoms with E-state index in [2.05, 4.69) is 11.2 Å². The topological polar surface area (TPSA) is 44.8 Å². The fourth-order valence-electron chi connectivity index (χ4n) is 2.20. The van der Waals surface area contributed by atoms with Gasteiger partial charge in [0.1, 0.15) is 5.82 Å². The highest BCUT2D eigenvalue weighted by Crippen LogP contribution is 2.20. The van der Waals surface area contributed by atoms with Gasteiger partial charge in [0.15, 0.2) is 0 Å². The van der Waals surface area contributed by atoms with Crippen molar-refractivity contribution in [2.45, 2.75) is 6.54 Å². The van der Waals surface area contributed by atoms with Crippen LogP contribution < -0.4 is 10.2 Å². The van der Waals surface area contributed by atoms with Gasteiger partial charge in [-0.25, -0.2) is 14.2 Å². The van der Waals surface area contributed by atoms with Gasteiger partial charge >= 0.3 is 6.03 Å². The summed E-state index contributed by atoms with van der Waals surface area (Å²) >= 11 is 0. The monoisotopic (exact) mass is 341 g/mol. The summed E-state index contributed by atoms with van der Waals surface area (Å²) < 4.78 is 13.0. The average molecular weight is 341 g/mol. The molecule has 2 amide bonds. The number of hydrogen-bond acceptors (Lipinski definition) is 3. The quantitative estimate of drug-likeness (QED) is 0.646. The zero-order chi connectivity index (χ0) is 18.2. The van der Waals surface area contributed by atoms with Crippen molar-refractivity contribution in [2.75, 3.05) is 30.9 Å². The van der Waals surface area contributed by atoms with Gasteiger partial charge in [0.2, 0.25) is 0 Å². The first-order valence-corrected chi connectivity index (χ1v) is 7.65. The lowest BCUT2D eigenvalue weighted by Crippen LogP contribution is -2.30. The van der Waals surface area contributed by atoms with E-state index in [1.807, 2.05) is 17.0 Å². The Hall–Kier alpha value is -3.04. The van der Waals surface area contributed by atoms with Crippen LogP contribution in [0.1, 0.15) is 5.56 Å². The molecule has 0 radical (unpaired) electrons. The van der Waals surface area contributed by atoms with Crippen molar-refractivity contribution in [2.24, 2.45) is 0 Å². The first kappa shape index (κ1) is 18.3. The highest BCUT2D eigenvalue weighted by atomic mass is 19.1. The number of terminal acetylenes is 1. The number of carbonyl (C=O) groups is 1. The second kappa shape index (κ2) is 8.71. The fourth-order valence-corrected chi connectivity index (χ4v) is 2.20. The predicted molar refractivity (Wildman–Crippen MR) is 96.5 cm³/mol. The van der Waals surface area contributed by atoms with Crippen molar-refractivity contribution < 1.29 is 14.0 Å². The van der Waals surface area contributed by atoms with E-state index >= 15 is 0 Å². The summed E-state index contributed by atoms with van der Waals surface area (Å²) in [6, 6.07) is 13.2. The summed E-state index contributed by atoms with van der Waals surface area (Å²) in [4.78, 5) is 18.6. The maximum absolute atomic E-state index is 13.0. The van der Waals surface area contributed by atoms with Crippen molar-refractivity contribution in [1.82, 2.24) is 5.06 Å². The van der Waals surface area contributed by atoms with Crippen LogP contribution in [0.2, 0.25) is 0 Å². The number of carbonyl (C=O) groups excluding carboxylic acids is 1. The van der Waals surface area contributed by atoms with E-state index in [0.717, 1.165) is 16.3 Å². The van der Waals surface area contributed by atoms with E-state index in [1.54, 1.807) is 24.3 Å².